The monoisotopic (exact) mass is 652 g/mol. The number of ketones is 1. The number of hydrogen-bond acceptors (Lipinski definition) is 6. The number of esters is 2. The molecule has 6 nitrogen and oxygen atoms in total. The van der Waals surface area contributed by atoms with E-state index in [0.29, 0.717) is 30.0 Å². The van der Waals surface area contributed by atoms with E-state index in [-0.39, 0.29) is 63.6 Å². The lowest BCUT2D eigenvalue weighted by molar-refractivity contribution is -0.234. The van der Waals surface area contributed by atoms with Crippen molar-refractivity contribution in [3.63, 3.8) is 0 Å². The molecule has 0 aromatic carbocycles. The van der Waals surface area contributed by atoms with Crippen molar-refractivity contribution in [3.05, 3.63) is 11.1 Å². The molecule has 0 unspecified atom stereocenters. The predicted octanol–water partition coefficient (Wildman–Crippen LogP) is 9.04. The summed E-state index contributed by atoms with van der Waals surface area (Å²) in [6.45, 7) is 26.8. The number of carbonyl (C=O) groups is 3. The molecule has 47 heavy (non-hydrogen) atoms. The maximum Gasteiger partial charge on any atom is 0.312 e. The summed E-state index contributed by atoms with van der Waals surface area (Å²) < 4.78 is 18.0. The number of carbonyl (C=O) groups excluding carboxylic acids is 3. The van der Waals surface area contributed by atoms with Crippen LogP contribution in [0.5, 0.6) is 0 Å². The molecule has 6 aliphatic rings. The minimum absolute atomic E-state index is 0.0149. The summed E-state index contributed by atoms with van der Waals surface area (Å²) in [6.07, 6.45) is 9.54. The van der Waals surface area contributed by atoms with Crippen molar-refractivity contribution in [1.29, 1.82) is 0 Å². The number of fused-ring (bicyclic) bond motifs is 7. The Balaban J connectivity index is 1.24. The number of epoxide rings is 1. The Kier molecular flexibility index (Phi) is 8.15. The summed E-state index contributed by atoms with van der Waals surface area (Å²) in [5.41, 5.74) is 1.35. The molecule has 6 heteroatoms. The quantitative estimate of drug-likeness (QED) is 0.210. The Morgan fingerprint density at radius 3 is 2.13 bits per heavy atom. The smallest absolute Gasteiger partial charge is 0.312 e. The Morgan fingerprint density at radius 1 is 0.872 bits per heavy atom. The maximum absolute atomic E-state index is 13.7. The topological polar surface area (TPSA) is 82.2 Å². The Hall–Kier alpha value is -1.69. The lowest BCUT2D eigenvalue weighted by Crippen LogP contribution is -2.66. The van der Waals surface area contributed by atoms with Crippen molar-refractivity contribution >= 4 is 17.7 Å². The summed E-state index contributed by atoms with van der Waals surface area (Å²) in [5, 5.41) is 0. The summed E-state index contributed by atoms with van der Waals surface area (Å²) >= 11 is 0. The first-order valence-corrected chi connectivity index (χ1v) is 18.9. The molecule has 1 heterocycles. The first kappa shape index (κ1) is 35.1. The molecule has 0 spiro atoms. The SMILES string of the molecule is CC(C)C1=C2[C@H]3CC[C@@H]4[C@@]5(C)CC[C@H](OC(=O)CC(C)(C)C(=O)OC(C)(C)C)C(C)(C)[C@@H]5CC[C@@]4(C)[C@]3(C)CC[C@@]2([C@H]2CO2)CC1=O. The van der Waals surface area contributed by atoms with Gasteiger partial charge in [0.15, 0.2) is 5.78 Å². The molecule has 264 valence electrons. The van der Waals surface area contributed by atoms with Crippen molar-refractivity contribution in [1.82, 2.24) is 0 Å². The average Bonchev–Trinajstić information content (AvgIpc) is 3.73. The van der Waals surface area contributed by atoms with Gasteiger partial charge in [0.2, 0.25) is 0 Å². The van der Waals surface area contributed by atoms with Gasteiger partial charge in [0.05, 0.1) is 24.5 Å². The van der Waals surface area contributed by atoms with Crippen molar-refractivity contribution in [2.45, 2.75) is 165 Å². The summed E-state index contributed by atoms with van der Waals surface area (Å²) in [5.74, 6) is 1.46. The fourth-order valence-electron chi connectivity index (χ4n) is 12.7. The van der Waals surface area contributed by atoms with Crippen molar-refractivity contribution < 1.29 is 28.6 Å². The number of allylic oxidation sites excluding steroid dienone is 1. The molecule has 1 saturated heterocycles. The average molecular weight is 653 g/mol. The maximum atomic E-state index is 13.7. The predicted molar refractivity (Wildman–Crippen MR) is 183 cm³/mol. The van der Waals surface area contributed by atoms with Gasteiger partial charge < -0.3 is 14.2 Å². The fraction of sp³-hybridized carbons (Fsp3) is 0.878. The molecule has 6 rings (SSSR count). The van der Waals surface area contributed by atoms with E-state index < -0.39 is 11.0 Å². The van der Waals surface area contributed by atoms with Crippen molar-refractivity contribution in [3.8, 4) is 0 Å². The van der Waals surface area contributed by atoms with Crippen LogP contribution >= 0.6 is 0 Å². The van der Waals surface area contributed by atoms with E-state index in [1.807, 2.05) is 20.8 Å². The number of rotatable bonds is 6. The minimum atomic E-state index is -0.948. The second-order valence-electron chi connectivity index (χ2n) is 20.1. The number of ether oxygens (including phenoxy) is 3. The molecule has 0 amide bonds. The van der Waals surface area contributed by atoms with Crippen LogP contribution < -0.4 is 0 Å². The first-order chi connectivity index (χ1) is 21.5. The molecule has 9 atom stereocenters. The van der Waals surface area contributed by atoms with E-state index in [1.54, 1.807) is 13.8 Å². The highest BCUT2D eigenvalue weighted by atomic mass is 16.6. The minimum Gasteiger partial charge on any atom is -0.462 e. The Bertz CT molecular complexity index is 1360. The van der Waals surface area contributed by atoms with E-state index in [2.05, 4.69) is 48.5 Å². The summed E-state index contributed by atoms with van der Waals surface area (Å²) in [4.78, 5) is 40.0. The van der Waals surface area contributed by atoms with E-state index in [1.165, 1.54) is 24.8 Å². The van der Waals surface area contributed by atoms with Gasteiger partial charge in [0, 0.05) is 17.3 Å². The van der Waals surface area contributed by atoms with Gasteiger partial charge in [0.1, 0.15) is 11.7 Å². The van der Waals surface area contributed by atoms with Gasteiger partial charge >= 0.3 is 11.9 Å². The van der Waals surface area contributed by atoms with Crippen LogP contribution in [0.25, 0.3) is 0 Å². The fourth-order valence-corrected chi connectivity index (χ4v) is 12.7. The highest BCUT2D eigenvalue weighted by Gasteiger charge is 2.71. The van der Waals surface area contributed by atoms with Crippen LogP contribution in [0.4, 0.5) is 0 Å². The van der Waals surface area contributed by atoms with Crippen LogP contribution in [-0.4, -0.2) is 42.1 Å². The summed E-state index contributed by atoms with van der Waals surface area (Å²) in [6, 6.07) is 0. The molecule has 5 fully saturated rings. The second-order valence-corrected chi connectivity index (χ2v) is 20.1. The zero-order valence-electron chi connectivity index (χ0n) is 31.7. The third-order valence-corrected chi connectivity index (χ3v) is 15.2. The summed E-state index contributed by atoms with van der Waals surface area (Å²) in [7, 11) is 0. The van der Waals surface area contributed by atoms with Crippen LogP contribution in [0.2, 0.25) is 0 Å². The second kappa shape index (κ2) is 10.9. The highest BCUT2D eigenvalue weighted by molar-refractivity contribution is 6.01. The van der Waals surface area contributed by atoms with E-state index in [9.17, 15) is 14.4 Å². The largest absolute Gasteiger partial charge is 0.462 e. The zero-order chi connectivity index (χ0) is 34.8. The Labute approximate surface area is 284 Å². The third-order valence-electron chi connectivity index (χ3n) is 15.2. The van der Waals surface area contributed by atoms with Gasteiger partial charge in [0.25, 0.3) is 0 Å². The molecule has 0 radical (unpaired) electrons. The van der Waals surface area contributed by atoms with Gasteiger partial charge in [-0.3, -0.25) is 14.4 Å². The van der Waals surface area contributed by atoms with Crippen molar-refractivity contribution in [2.24, 2.45) is 56.2 Å². The molecule has 5 aliphatic carbocycles. The molecule has 0 aromatic heterocycles. The molecule has 0 aromatic rings. The molecular weight excluding hydrogens is 588 g/mol. The lowest BCUT2D eigenvalue weighted by Gasteiger charge is -2.72. The van der Waals surface area contributed by atoms with Gasteiger partial charge in [-0.15, -0.1) is 0 Å². The number of Topliss-reactive ketones (excluding diaryl/α,β-unsaturated/α-hetero) is 1. The van der Waals surface area contributed by atoms with Gasteiger partial charge in [-0.2, -0.15) is 0 Å². The molecule has 4 saturated carbocycles. The van der Waals surface area contributed by atoms with Crippen LogP contribution in [0, 0.1) is 56.2 Å². The van der Waals surface area contributed by atoms with Crippen LogP contribution in [0.15, 0.2) is 11.1 Å². The van der Waals surface area contributed by atoms with Gasteiger partial charge in [-0.1, -0.05) is 54.0 Å². The normalized spacial score (nSPS) is 42.7. The van der Waals surface area contributed by atoms with Gasteiger partial charge in [-0.25, -0.2) is 0 Å². The van der Waals surface area contributed by atoms with E-state index in [4.69, 9.17) is 14.2 Å². The van der Waals surface area contributed by atoms with E-state index >= 15 is 0 Å². The first-order valence-electron chi connectivity index (χ1n) is 18.9. The highest BCUT2D eigenvalue weighted by Crippen LogP contribution is 2.77. The molecule has 0 bridgehead atoms. The molecule has 1 aliphatic heterocycles. The van der Waals surface area contributed by atoms with E-state index in [0.717, 1.165) is 44.3 Å². The Morgan fingerprint density at radius 2 is 1.53 bits per heavy atom. The van der Waals surface area contributed by atoms with Crippen LogP contribution in [0.3, 0.4) is 0 Å². The molecule has 0 N–H and O–H groups in total. The lowest BCUT2D eigenvalue weighted by atomic mass is 9.33. The molecular formula is C41H64O6. The van der Waals surface area contributed by atoms with Gasteiger partial charge in [-0.05, 0) is 131 Å². The van der Waals surface area contributed by atoms with Crippen molar-refractivity contribution in [2.75, 3.05) is 6.61 Å². The number of hydrogen-bond donors (Lipinski definition) is 0. The van der Waals surface area contributed by atoms with Crippen LogP contribution in [-0.2, 0) is 28.6 Å². The third kappa shape index (κ3) is 5.22. The standard InChI is InChI=1S/C41H64O6/c1-24(2)32-26(42)21-41(30-23-45-30)20-19-39(11)25(33(32)41)13-14-28-38(10)17-16-29(37(8,9)27(38)15-18-40(28,39)12)46-31(43)22-36(6,7)34(44)47-35(3,4)5/h24-25,27-30H,13-23H2,1-12H3/t25-,27+,28-,29+,30-,38+,39-,40-,41+/m1/s1. The van der Waals surface area contributed by atoms with Crippen LogP contribution in [0.1, 0.15) is 147 Å². The zero-order valence-corrected chi connectivity index (χ0v) is 31.7.